The molecule has 0 aliphatic heterocycles. The van der Waals surface area contributed by atoms with Crippen molar-refractivity contribution < 1.29 is 0 Å². The molecule has 0 aliphatic carbocycles. The maximum atomic E-state index is 5.66. The highest BCUT2D eigenvalue weighted by Gasteiger charge is 2.14. The summed E-state index contributed by atoms with van der Waals surface area (Å²) in [5, 5.41) is 4.63. The molecular formula is C17H23Cl2N5S. The van der Waals surface area contributed by atoms with E-state index in [0.717, 1.165) is 34.8 Å². The van der Waals surface area contributed by atoms with Crippen molar-refractivity contribution in [3.63, 3.8) is 0 Å². The summed E-state index contributed by atoms with van der Waals surface area (Å²) in [5.41, 5.74) is 8.19. The van der Waals surface area contributed by atoms with Gasteiger partial charge in [0.25, 0.3) is 0 Å². The first-order valence-electron chi connectivity index (χ1n) is 7.78. The topological polar surface area (TPSA) is 76.7 Å². The first-order chi connectivity index (χ1) is 11.2. The quantitative estimate of drug-likeness (QED) is 0.660. The molecule has 0 saturated heterocycles. The number of fused-ring (bicyclic) bond motifs is 1. The van der Waals surface area contributed by atoms with E-state index < -0.39 is 0 Å². The fourth-order valence-corrected chi connectivity index (χ4v) is 3.59. The van der Waals surface area contributed by atoms with Crippen LogP contribution in [0.15, 0.2) is 24.5 Å². The number of halogens is 2. The van der Waals surface area contributed by atoms with Crippen LogP contribution in [0.2, 0.25) is 0 Å². The predicted molar refractivity (Wildman–Crippen MR) is 111 cm³/mol. The van der Waals surface area contributed by atoms with Crippen LogP contribution in [0.1, 0.15) is 21.8 Å². The fourth-order valence-electron chi connectivity index (χ4n) is 2.54. The van der Waals surface area contributed by atoms with Crippen LogP contribution in [0.5, 0.6) is 0 Å². The molecule has 0 atom stereocenters. The van der Waals surface area contributed by atoms with E-state index in [1.807, 2.05) is 24.5 Å². The van der Waals surface area contributed by atoms with E-state index in [2.05, 4.69) is 34.1 Å². The summed E-state index contributed by atoms with van der Waals surface area (Å²) in [4.78, 5) is 15.7. The molecule has 5 nitrogen and oxygen atoms in total. The lowest BCUT2D eigenvalue weighted by atomic mass is 10.2. The van der Waals surface area contributed by atoms with Crippen LogP contribution in [0.25, 0.3) is 10.2 Å². The maximum Gasteiger partial charge on any atom is 0.138 e. The van der Waals surface area contributed by atoms with E-state index in [0.29, 0.717) is 13.0 Å². The smallest absolute Gasteiger partial charge is 0.138 e. The summed E-state index contributed by atoms with van der Waals surface area (Å²) in [5.74, 6) is 1.74. The summed E-state index contributed by atoms with van der Waals surface area (Å²) in [7, 11) is 0. The fraction of sp³-hybridized carbons (Fsp3) is 0.353. The lowest BCUT2D eigenvalue weighted by Crippen LogP contribution is -2.11. The number of nitrogens with one attached hydrogen (secondary N) is 1. The molecule has 136 valence electrons. The van der Waals surface area contributed by atoms with Gasteiger partial charge in [0.2, 0.25) is 0 Å². The van der Waals surface area contributed by atoms with Crippen molar-refractivity contribution in [2.24, 2.45) is 5.73 Å². The minimum atomic E-state index is 0. The second-order valence-electron chi connectivity index (χ2n) is 5.52. The molecular weight excluding hydrogens is 377 g/mol. The van der Waals surface area contributed by atoms with Gasteiger partial charge in [-0.3, -0.25) is 4.98 Å². The Morgan fingerprint density at radius 2 is 1.80 bits per heavy atom. The number of hydrogen-bond donors (Lipinski definition) is 2. The predicted octanol–water partition coefficient (Wildman–Crippen LogP) is 3.70. The molecule has 3 heterocycles. The summed E-state index contributed by atoms with van der Waals surface area (Å²) < 4.78 is 0. The monoisotopic (exact) mass is 399 g/mol. The van der Waals surface area contributed by atoms with E-state index in [1.165, 1.54) is 16.0 Å². The molecule has 8 heteroatoms. The second-order valence-corrected chi connectivity index (χ2v) is 6.73. The van der Waals surface area contributed by atoms with Gasteiger partial charge in [0, 0.05) is 30.2 Å². The Kier molecular flexibility index (Phi) is 8.52. The lowest BCUT2D eigenvalue weighted by molar-refractivity contribution is 0.877. The van der Waals surface area contributed by atoms with Gasteiger partial charge >= 0.3 is 0 Å². The normalized spacial score (nSPS) is 10.2. The molecule has 0 amide bonds. The number of hydrogen-bond acceptors (Lipinski definition) is 6. The van der Waals surface area contributed by atoms with Crippen molar-refractivity contribution in [2.75, 3.05) is 18.4 Å². The van der Waals surface area contributed by atoms with Gasteiger partial charge in [-0.1, -0.05) is 0 Å². The van der Waals surface area contributed by atoms with Crippen molar-refractivity contribution >= 4 is 52.2 Å². The minimum absolute atomic E-state index is 0. The van der Waals surface area contributed by atoms with Crippen LogP contribution in [-0.4, -0.2) is 28.0 Å². The number of anilines is 1. The molecule has 3 aromatic heterocycles. The Morgan fingerprint density at radius 3 is 2.48 bits per heavy atom. The maximum absolute atomic E-state index is 5.66. The van der Waals surface area contributed by atoms with Gasteiger partial charge in [-0.15, -0.1) is 36.2 Å². The van der Waals surface area contributed by atoms with E-state index in [9.17, 15) is 0 Å². The number of rotatable bonds is 6. The van der Waals surface area contributed by atoms with Gasteiger partial charge in [0.15, 0.2) is 0 Å². The van der Waals surface area contributed by atoms with E-state index in [4.69, 9.17) is 5.73 Å². The van der Waals surface area contributed by atoms with Gasteiger partial charge in [-0.25, -0.2) is 9.97 Å². The number of nitrogens with two attached hydrogens (primary N) is 1. The number of thiophene rings is 1. The minimum Gasteiger partial charge on any atom is -0.369 e. The molecule has 0 radical (unpaired) electrons. The first-order valence-corrected chi connectivity index (χ1v) is 8.60. The second kappa shape index (κ2) is 9.87. The molecule has 0 aliphatic rings. The molecule has 25 heavy (non-hydrogen) atoms. The van der Waals surface area contributed by atoms with E-state index in [1.54, 1.807) is 11.3 Å². The van der Waals surface area contributed by atoms with Crippen molar-refractivity contribution in [1.82, 2.24) is 15.0 Å². The largest absolute Gasteiger partial charge is 0.369 e. The van der Waals surface area contributed by atoms with Crippen LogP contribution in [0, 0.1) is 13.8 Å². The standard InChI is InChI=1S/C17H21N5S.2ClH/c1-11-12(2)23-17-15(11)16(21-14(22-17)3-7-18)20-10-6-13-4-8-19-9-5-13;;/h4-5,8-9H,3,6-7,10,18H2,1-2H3,(H,20,21,22);2*1H. The zero-order valence-corrected chi connectivity index (χ0v) is 16.7. The number of aryl methyl sites for hydroxylation is 2. The summed E-state index contributed by atoms with van der Waals surface area (Å²) in [6.07, 6.45) is 5.28. The van der Waals surface area contributed by atoms with Gasteiger partial charge in [0.05, 0.1) is 5.39 Å². The molecule has 3 aromatic rings. The van der Waals surface area contributed by atoms with Gasteiger partial charge in [0.1, 0.15) is 16.5 Å². The lowest BCUT2D eigenvalue weighted by Gasteiger charge is -2.09. The van der Waals surface area contributed by atoms with Crippen LogP contribution in [0.3, 0.4) is 0 Å². The molecule has 0 saturated carbocycles. The summed E-state index contributed by atoms with van der Waals surface area (Å²) in [6, 6.07) is 4.08. The van der Waals surface area contributed by atoms with E-state index in [-0.39, 0.29) is 24.8 Å². The van der Waals surface area contributed by atoms with Crippen molar-refractivity contribution in [3.8, 4) is 0 Å². The molecule has 0 bridgehead atoms. The summed E-state index contributed by atoms with van der Waals surface area (Å²) >= 11 is 1.72. The van der Waals surface area contributed by atoms with Crippen molar-refractivity contribution in [3.05, 3.63) is 46.4 Å². The molecule has 0 fully saturated rings. The van der Waals surface area contributed by atoms with Crippen LogP contribution >= 0.6 is 36.2 Å². The van der Waals surface area contributed by atoms with E-state index >= 15 is 0 Å². The first kappa shape index (κ1) is 21.6. The number of nitrogens with zero attached hydrogens (tertiary/aromatic N) is 3. The highest BCUT2D eigenvalue weighted by molar-refractivity contribution is 7.18. The third kappa shape index (κ3) is 5.01. The Morgan fingerprint density at radius 1 is 1.08 bits per heavy atom. The molecule has 0 spiro atoms. The molecule has 3 N–H and O–H groups in total. The zero-order valence-electron chi connectivity index (χ0n) is 14.3. The van der Waals surface area contributed by atoms with Crippen LogP contribution in [0.4, 0.5) is 5.82 Å². The third-order valence-electron chi connectivity index (χ3n) is 3.90. The highest BCUT2D eigenvalue weighted by atomic mass is 35.5. The molecule has 3 rings (SSSR count). The van der Waals surface area contributed by atoms with Crippen molar-refractivity contribution in [2.45, 2.75) is 26.7 Å². The van der Waals surface area contributed by atoms with Crippen molar-refractivity contribution in [1.29, 1.82) is 0 Å². The van der Waals surface area contributed by atoms with Gasteiger partial charge in [-0.2, -0.15) is 0 Å². The zero-order chi connectivity index (χ0) is 16.2. The molecule has 0 aromatic carbocycles. The Labute approximate surface area is 164 Å². The number of pyridine rings is 1. The Bertz CT molecular complexity index is 808. The Hall–Kier alpha value is -1.47. The Balaban J connectivity index is 0.00000156. The SMILES string of the molecule is Cc1sc2nc(CCN)nc(NCCc3ccncc3)c2c1C.Cl.Cl. The third-order valence-corrected chi connectivity index (χ3v) is 5.00. The van der Waals surface area contributed by atoms with Gasteiger partial charge < -0.3 is 11.1 Å². The average molecular weight is 400 g/mol. The average Bonchev–Trinajstić information content (AvgIpc) is 2.83. The number of aromatic nitrogens is 3. The summed E-state index contributed by atoms with van der Waals surface area (Å²) in [6.45, 7) is 5.65. The van der Waals surface area contributed by atoms with Crippen LogP contribution < -0.4 is 11.1 Å². The van der Waals surface area contributed by atoms with Crippen LogP contribution in [-0.2, 0) is 12.8 Å². The molecule has 0 unspecified atom stereocenters. The highest BCUT2D eigenvalue weighted by Crippen LogP contribution is 2.33. The van der Waals surface area contributed by atoms with Gasteiger partial charge in [-0.05, 0) is 50.1 Å².